The second-order valence-corrected chi connectivity index (χ2v) is 6.82. The molecule has 1 aliphatic rings. The monoisotopic (exact) mass is 358 g/mol. The molecule has 2 aromatic carbocycles. The molecule has 1 amide bonds. The number of fused-ring (bicyclic) bond motifs is 1. The molecular formula is C22H22N4O. The van der Waals surface area contributed by atoms with Crippen molar-refractivity contribution < 1.29 is 4.79 Å². The molecular weight excluding hydrogens is 336 g/mol. The fourth-order valence-electron chi connectivity index (χ4n) is 3.43. The maximum atomic E-state index is 12.9. The summed E-state index contributed by atoms with van der Waals surface area (Å²) in [4.78, 5) is 23.4. The van der Waals surface area contributed by atoms with Gasteiger partial charge in [-0.3, -0.25) is 4.79 Å². The maximum absolute atomic E-state index is 12.9. The van der Waals surface area contributed by atoms with E-state index in [-0.39, 0.29) is 5.91 Å². The molecule has 4 rings (SSSR count). The van der Waals surface area contributed by atoms with E-state index in [1.165, 1.54) is 16.7 Å². The Morgan fingerprint density at radius 1 is 1.11 bits per heavy atom. The fraction of sp³-hybridized carbons (Fsp3) is 0.227. The molecule has 0 fully saturated rings. The van der Waals surface area contributed by atoms with Crippen LogP contribution in [0.5, 0.6) is 0 Å². The van der Waals surface area contributed by atoms with Crippen LogP contribution in [-0.4, -0.2) is 22.4 Å². The Bertz CT molecular complexity index is 953. The lowest BCUT2D eigenvalue weighted by molar-refractivity contribution is 0.0980. The highest BCUT2D eigenvalue weighted by Gasteiger charge is 2.24. The Kier molecular flexibility index (Phi) is 4.83. The van der Waals surface area contributed by atoms with Crippen molar-refractivity contribution in [1.29, 1.82) is 0 Å². The van der Waals surface area contributed by atoms with Crippen LogP contribution in [0, 0.1) is 6.92 Å². The normalized spacial score (nSPS) is 13.1. The Labute approximate surface area is 159 Å². The van der Waals surface area contributed by atoms with Crippen LogP contribution >= 0.6 is 0 Å². The highest BCUT2D eigenvalue weighted by atomic mass is 16.2. The smallest absolute Gasteiger partial charge is 0.278 e. The van der Waals surface area contributed by atoms with E-state index < -0.39 is 0 Å². The molecule has 1 aliphatic heterocycles. The molecule has 5 heteroatoms. The van der Waals surface area contributed by atoms with Crippen molar-refractivity contribution in [2.75, 3.05) is 16.8 Å². The number of hydrogen-bond donors (Lipinski definition) is 1. The summed E-state index contributed by atoms with van der Waals surface area (Å²) in [6, 6.07) is 16.4. The number of nitrogens with zero attached hydrogens (tertiary/aromatic N) is 3. The van der Waals surface area contributed by atoms with Gasteiger partial charge in [0, 0.05) is 18.8 Å². The third-order valence-electron chi connectivity index (χ3n) is 4.78. The van der Waals surface area contributed by atoms with Crippen LogP contribution in [0.15, 0.2) is 60.9 Å². The molecule has 2 heterocycles. The summed E-state index contributed by atoms with van der Waals surface area (Å²) < 4.78 is 0. The van der Waals surface area contributed by atoms with Crippen LogP contribution in [0.2, 0.25) is 0 Å². The third-order valence-corrected chi connectivity index (χ3v) is 4.78. The number of anilines is 2. The van der Waals surface area contributed by atoms with Crippen LogP contribution in [0.1, 0.15) is 33.6 Å². The van der Waals surface area contributed by atoms with Crippen molar-refractivity contribution >= 4 is 17.4 Å². The van der Waals surface area contributed by atoms with Gasteiger partial charge in [0.25, 0.3) is 5.91 Å². The van der Waals surface area contributed by atoms with E-state index in [0.29, 0.717) is 24.6 Å². The molecule has 136 valence electrons. The molecule has 0 saturated carbocycles. The summed E-state index contributed by atoms with van der Waals surface area (Å²) in [6.07, 6.45) is 5.15. The Morgan fingerprint density at radius 2 is 2.00 bits per heavy atom. The molecule has 0 bridgehead atoms. The minimum atomic E-state index is -0.0973. The van der Waals surface area contributed by atoms with E-state index in [9.17, 15) is 4.79 Å². The van der Waals surface area contributed by atoms with E-state index in [1.54, 1.807) is 12.4 Å². The minimum Gasteiger partial charge on any atom is -0.365 e. The van der Waals surface area contributed by atoms with Gasteiger partial charge in [0.05, 0.1) is 12.4 Å². The van der Waals surface area contributed by atoms with E-state index in [2.05, 4.69) is 46.5 Å². The topological polar surface area (TPSA) is 58.1 Å². The summed E-state index contributed by atoms with van der Waals surface area (Å²) in [5.41, 5.74) is 4.97. The lowest BCUT2D eigenvalue weighted by Gasteiger charge is -2.29. The maximum Gasteiger partial charge on any atom is 0.278 e. The lowest BCUT2D eigenvalue weighted by Crippen LogP contribution is -2.36. The van der Waals surface area contributed by atoms with Crippen molar-refractivity contribution in [2.45, 2.75) is 26.3 Å². The van der Waals surface area contributed by atoms with Gasteiger partial charge in [-0.25, -0.2) is 9.97 Å². The quantitative estimate of drug-likeness (QED) is 0.766. The molecule has 5 nitrogen and oxygen atoms in total. The minimum absolute atomic E-state index is 0.0973. The first kappa shape index (κ1) is 17.2. The first-order chi connectivity index (χ1) is 13.2. The van der Waals surface area contributed by atoms with E-state index in [1.807, 2.05) is 29.2 Å². The SMILES string of the molecule is Cc1cccc(CNc2cnc(C(=O)N3CCCc4ccccc43)cn2)c1. The van der Waals surface area contributed by atoms with E-state index in [0.717, 1.165) is 18.5 Å². The third kappa shape index (κ3) is 3.82. The summed E-state index contributed by atoms with van der Waals surface area (Å²) in [7, 11) is 0. The molecule has 0 saturated heterocycles. The fourth-order valence-corrected chi connectivity index (χ4v) is 3.43. The molecule has 0 spiro atoms. The zero-order chi connectivity index (χ0) is 18.6. The van der Waals surface area contributed by atoms with Gasteiger partial charge in [-0.2, -0.15) is 0 Å². The number of aromatic nitrogens is 2. The Hall–Kier alpha value is -3.21. The molecule has 0 aliphatic carbocycles. The number of nitrogens with one attached hydrogen (secondary N) is 1. The van der Waals surface area contributed by atoms with Gasteiger partial charge in [0.2, 0.25) is 0 Å². The average molecular weight is 358 g/mol. The number of carbonyl (C=O) groups is 1. The van der Waals surface area contributed by atoms with Gasteiger partial charge in [-0.05, 0) is 37.0 Å². The summed E-state index contributed by atoms with van der Waals surface area (Å²) in [6.45, 7) is 3.45. The summed E-state index contributed by atoms with van der Waals surface area (Å²) in [5, 5.41) is 3.25. The lowest BCUT2D eigenvalue weighted by atomic mass is 10.0. The summed E-state index contributed by atoms with van der Waals surface area (Å²) in [5.74, 6) is 0.562. The molecule has 1 N–H and O–H groups in total. The predicted molar refractivity (Wildman–Crippen MR) is 107 cm³/mol. The first-order valence-electron chi connectivity index (χ1n) is 9.22. The number of aryl methyl sites for hydroxylation is 2. The van der Waals surface area contributed by atoms with Crippen molar-refractivity contribution in [3.63, 3.8) is 0 Å². The zero-order valence-electron chi connectivity index (χ0n) is 15.4. The van der Waals surface area contributed by atoms with E-state index in [4.69, 9.17) is 0 Å². The largest absolute Gasteiger partial charge is 0.365 e. The summed E-state index contributed by atoms with van der Waals surface area (Å²) >= 11 is 0. The van der Waals surface area contributed by atoms with Gasteiger partial charge in [-0.1, -0.05) is 48.0 Å². The molecule has 0 radical (unpaired) electrons. The second-order valence-electron chi connectivity index (χ2n) is 6.82. The number of amides is 1. The first-order valence-corrected chi connectivity index (χ1v) is 9.22. The molecule has 0 unspecified atom stereocenters. The average Bonchev–Trinajstić information content (AvgIpc) is 2.72. The van der Waals surface area contributed by atoms with Crippen LogP contribution < -0.4 is 10.2 Å². The number of hydrogen-bond acceptors (Lipinski definition) is 4. The van der Waals surface area contributed by atoms with Gasteiger partial charge in [0.15, 0.2) is 0 Å². The Balaban J connectivity index is 1.45. The number of para-hydroxylation sites is 1. The predicted octanol–water partition coefficient (Wildman–Crippen LogP) is 3.99. The van der Waals surface area contributed by atoms with Crippen molar-refractivity contribution in [1.82, 2.24) is 9.97 Å². The number of carbonyl (C=O) groups excluding carboxylic acids is 1. The molecule has 27 heavy (non-hydrogen) atoms. The van der Waals surface area contributed by atoms with Gasteiger partial charge >= 0.3 is 0 Å². The number of benzene rings is 2. The highest BCUT2D eigenvalue weighted by Crippen LogP contribution is 2.27. The van der Waals surface area contributed by atoms with Crippen LogP contribution in [0.4, 0.5) is 11.5 Å². The standard InChI is InChI=1S/C22H22N4O/c1-16-6-4-7-17(12-16)13-24-21-15-23-19(14-25-21)22(27)26-11-5-9-18-8-2-3-10-20(18)26/h2-4,6-8,10,12,14-15H,5,9,11,13H2,1H3,(H,24,25). The Morgan fingerprint density at radius 3 is 2.81 bits per heavy atom. The number of rotatable bonds is 4. The van der Waals surface area contributed by atoms with E-state index >= 15 is 0 Å². The zero-order valence-corrected chi connectivity index (χ0v) is 15.4. The van der Waals surface area contributed by atoms with Crippen LogP contribution in [0.25, 0.3) is 0 Å². The second kappa shape index (κ2) is 7.58. The van der Waals surface area contributed by atoms with Crippen LogP contribution in [0.3, 0.4) is 0 Å². The van der Waals surface area contributed by atoms with Crippen molar-refractivity contribution in [2.24, 2.45) is 0 Å². The molecule has 0 atom stereocenters. The van der Waals surface area contributed by atoms with Crippen molar-refractivity contribution in [3.8, 4) is 0 Å². The van der Waals surface area contributed by atoms with Gasteiger partial charge in [-0.15, -0.1) is 0 Å². The van der Waals surface area contributed by atoms with Gasteiger partial charge < -0.3 is 10.2 Å². The highest BCUT2D eigenvalue weighted by molar-refractivity contribution is 6.05. The molecule has 1 aromatic heterocycles. The van der Waals surface area contributed by atoms with Crippen LogP contribution in [-0.2, 0) is 13.0 Å². The van der Waals surface area contributed by atoms with Crippen molar-refractivity contribution in [3.05, 3.63) is 83.3 Å². The van der Waals surface area contributed by atoms with Gasteiger partial charge in [0.1, 0.15) is 11.5 Å². The molecule has 3 aromatic rings.